The Bertz CT molecular complexity index is 202. The molecule has 1 N–H and O–H groups in total. The van der Waals surface area contributed by atoms with E-state index in [0.717, 1.165) is 4.48 Å². The van der Waals surface area contributed by atoms with Crippen LogP contribution in [0.1, 0.15) is 0 Å². The highest BCUT2D eigenvalue weighted by Gasteiger charge is 1.92. The molecule has 0 spiro atoms. The van der Waals surface area contributed by atoms with Crippen molar-refractivity contribution in [3.63, 3.8) is 0 Å². The van der Waals surface area contributed by atoms with E-state index in [2.05, 4.69) is 54.5 Å². The van der Waals surface area contributed by atoms with Crippen LogP contribution in [0.5, 0.6) is 0 Å². The van der Waals surface area contributed by atoms with Crippen molar-refractivity contribution in [1.29, 1.82) is 0 Å². The van der Waals surface area contributed by atoms with E-state index in [0.29, 0.717) is 6.54 Å². The SMILES string of the molecule is C=C(Br)CNC(=O)C#CBr. The molecule has 0 radical (unpaired) electrons. The first-order valence-corrected chi connectivity index (χ1v) is 3.98. The number of carbonyl (C=O) groups excluding carboxylic acids is 1. The molecule has 0 heterocycles. The monoisotopic (exact) mass is 265 g/mol. The van der Waals surface area contributed by atoms with Gasteiger partial charge in [-0.1, -0.05) is 22.5 Å². The summed E-state index contributed by atoms with van der Waals surface area (Å²) in [6.45, 7) is 3.93. The largest absolute Gasteiger partial charge is 0.341 e. The number of carbonyl (C=O) groups is 1. The number of nitrogens with one attached hydrogen (secondary N) is 1. The molecule has 0 bridgehead atoms. The van der Waals surface area contributed by atoms with Gasteiger partial charge in [-0.25, -0.2) is 0 Å². The predicted molar refractivity (Wildman–Crippen MR) is 47.8 cm³/mol. The van der Waals surface area contributed by atoms with Crippen LogP contribution in [0.4, 0.5) is 0 Å². The van der Waals surface area contributed by atoms with Crippen LogP contribution in [0.15, 0.2) is 11.1 Å². The van der Waals surface area contributed by atoms with E-state index in [1.807, 2.05) is 0 Å². The van der Waals surface area contributed by atoms with Crippen molar-refractivity contribution in [1.82, 2.24) is 5.32 Å². The van der Waals surface area contributed by atoms with Crippen LogP contribution < -0.4 is 5.32 Å². The Morgan fingerprint density at radius 3 is 2.70 bits per heavy atom. The van der Waals surface area contributed by atoms with Crippen molar-refractivity contribution >= 4 is 37.8 Å². The number of rotatable bonds is 2. The summed E-state index contributed by atoms with van der Waals surface area (Å²) in [7, 11) is 0. The van der Waals surface area contributed by atoms with Gasteiger partial charge in [0, 0.05) is 32.9 Å². The van der Waals surface area contributed by atoms with Crippen LogP contribution in [0.2, 0.25) is 0 Å². The van der Waals surface area contributed by atoms with Crippen LogP contribution in [0.25, 0.3) is 0 Å². The Labute approximate surface area is 76.3 Å². The molecule has 0 rings (SSSR count). The lowest BCUT2D eigenvalue weighted by Crippen LogP contribution is -2.22. The van der Waals surface area contributed by atoms with Gasteiger partial charge in [0.2, 0.25) is 0 Å². The quantitative estimate of drug-likeness (QED) is 0.752. The van der Waals surface area contributed by atoms with Crippen molar-refractivity contribution in [2.45, 2.75) is 0 Å². The second-order valence-electron chi connectivity index (χ2n) is 1.42. The Morgan fingerprint density at radius 1 is 1.70 bits per heavy atom. The van der Waals surface area contributed by atoms with Crippen molar-refractivity contribution < 1.29 is 4.79 Å². The molecular formula is C6H5Br2NO. The molecule has 0 unspecified atom stereocenters. The minimum absolute atomic E-state index is 0.322. The summed E-state index contributed by atoms with van der Waals surface area (Å²) in [4.78, 5) is 12.9. The first-order chi connectivity index (χ1) is 4.66. The molecule has 0 atom stereocenters. The van der Waals surface area contributed by atoms with Crippen molar-refractivity contribution in [2.24, 2.45) is 0 Å². The van der Waals surface area contributed by atoms with Gasteiger partial charge in [0.1, 0.15) is 0 Å². The summed E-state index contributed by atoms with van der Waals surface area (Å²) in [6.07, 6.45) is 0. The van der Waals surface area contributed by atoms with E-state index >= 15 is 0 Å². The predicted octanol–water partition coefficient (Wildman–Crippen LogP) is 1.37. The van der Waals surface area contributed by atoms with Crippen LogP contribution in [0, 0.1) is 10.8 Å². The molecule has 0 aliphatic heterocycles. The molecule has 0 aromatic heterocycles. The highest BCUT2D eigenvalue weighted by molar-refractivity contribution is 9.12. The lowest BCUT2D eigenvalue weighted by Gasteiger charge is -1.95. The molecule has 54 valence electrons. The van der Waals surface area contributed by atoms with Gasteiger partial charge in [-0.05, 0) is 4.83 Å². The fourth-order valence-corrected chi connectivity index (χ4v) is 0.584. The number of hydrogen-bond acceptors (Lipinski definition) is 1. The molecule has 0 fully saturated rings. The topological polar surface area (TPSA) is 29.1 Å². The molecule has 4 heteroatoms. The summed E-state index contributed by atoms with van der Waals surface area (Å²) >= 11 is 5.89. The third kappa shape index (κ3) is 5.86. The summed E-state index contributed by atoms with van der Waals surface area (Å²) < 4.78 is 0.720. The first-order valence-electron chi connectivity index (χ1n) is 2.39. The van der Waals surface area contributed by atoms with Gasteiger partial charge in [-0.2, -0.15) is 0 Å². The highest BCUT2D eigenvalue weighted by Crippen LogP contribution is 1.95. The van der Waals surface area contributed by atoms with E-state index in [1.54, 1.807) is 0 Å². The second-order valence-corrected chi connectivity index (χ2v) is 2.94. The summed E-state index contributed by atoms with van der Waals surface area (Å²) in [6, 6.07) is 0. The first kappa shape index (κ1) is 9.73. The van der Waals surface area contributed by atoms with Crippen LogP contribution in [-0.4, -0.2) is 12.5 Å². The van der Waals surface area contributed by atoms with Crippen molar-refractivity contribution in [3.05, 3.63) is 11.1 Å². The minimum Gasteiger partial charge on any atom is -0.341 e. The van der Waals surface area contributed by atoms with E-state index < -0.39 is 0 Å². The molecule has 1 amide bonds. The zero-order valence-corrected chi connectivity index (χ0v) is 8.25. The zero-order chi connectivity index (χ0) is 7.98. The van der Waals surface area contributed by atoms with Gasteiger partial charge in [0.15, 0.2) is 0 Å². The number of hydrogen-bond donors (Lipinski definition) is 1. The maximum atomic E-state index is 10.6. The Morgan fingerprint density at radius 2 is 2.30 bits per heavy atom. The van der Waals surface area contributed by atoms with Gasteiger partial charge in [-0.15, -0.1) is 0 Å². The Kier molecular flexibility index (Phi) is 5.36. The number of amides is 1. The molecule has 0 aromatic carbocycles. The average molecular weight is 267 g/mol. The Balaban J connectivity index is 3.57. The fourth-order valence-electron chi connectivity index (χ4n) is 0.263. The van der Waals surface area contributed by atoms with E-state index in [1.165, 1.54) is 0 Å². The molecule has 0 aromatic rings. The minimum atomic E-state index is -0.322. The van der Waals surface area contributed by atoms with Crippen molar-refractivity contribution in [3.8, 4) is 10.8 Å². The van der Waals surface area contributed by atoms with Crippen molar-refractivity contribution in [2.75, 3.05) is 6.54 Å². The lowest BCUT2D eigenvalue weighted by molar-refractivity contribution is -0.115. The van der Waals surface area contributed by atoms with Gasteiger partial charge >= 0.3 is 0 Å². The Hall–Kier alpha value is -0.270. The molecule has 10 heavy (non-hydrogen) atoms. The molecule has 0 aliphatic carbocycles. The highest BCUT2D eigenvalue weighted by atomic mass is 79.9. The zero-order valence-electron chi connectivity index (χ0n) is 5.08. The van der Waals surface area contributed by atoms with E-state index in [4.69, 9.17) is 0 Å². The maximum absolute atomic E-state index is 10.6. The molecule has 0 saturated carbocycles. The normalized spacial score (nSPS) is 7.40. The van der Waals surface area contributed by atoms with Gasteiger partial charge in [0.25, 0.3) is 5.91 Å². The third-order valence-electron chi connectivity index (χ3n) is 0.602. The third-order valence-corrected chi connectivity index (χ3v) is 1.08. The molecular weight excluding hydrogens is 262 g/mol. The maximum Gasteiger partial charge on any atom is 0.297 e. The summed E-state index contributed by atoms with van der Waals surface area (Å²) in [5, 5.41) is 2.49. The summed E-state index contributed by atoms with van der Waals surface area (Å²) in [5.41, 5.74) is 0. The van der Waals surface area contributed by atoms with Gasteiger partial charge < -0.3 is 5.32 Å². The van der Waals surface area contributed by atoms with E-state index in [9.17, 15) is 4.79 Å². The average Bonchev–Trinajstić information content (AvgIpc) is 1.85. The number of halogens is 2. The van der Waals surface area contributed by atoms with Crippen LogP contribution >= 0.6 is 31.9 Å². The standard InChI is InChI=1S/C6H5Br2NO/c1-5(8)4-9-6(10)2-3-7/h1,4H2,(H,9,10). The van der Waals surface area contributed by atoms with Gasteiger partial charge in [-0.3, -0.25) is 4.79 Å². The molecule has 0 aliphatic rings. The fraction of sp³-hybridized carbons (Fsp3) is 0.167. The smallest absolute Gasteiger partial charge is 0.297 e. The lowest BCUT2D eigenvalue weighted by atomic mass is 10.5. The second kappa shape index (κ2) is 5.51. The van der Waals surface area contributed by atoms with E-state index in [-0.39, 0.29) is 5.91 Å². The molecule has 2 nitrogen and oxygen atoms in total. The molecule has 0 saturated heterocycles. The van der Waals surface area contributed by atoms with Crippen LogP contribution in [0.3, 0.4) is 0 Å². The van der Waals surface area contributed by atoms with Gasteiger partial charge in [0.05, 0.1) is 0 Å². The van der Waals surface area contributed by atoms with Crippen LogP contribution in [-0.2, 0) is 4.79 Å². The summed E-state index contributed by atoms with van der Waals surface area (Å²) in [5.74, 6) is 1.93.